The molecule has 0 aromatic carbocycles. The minimum Gasteiger partial charge on any atom is -0.502 e. The summed E-state index contributed by atoms with van der Waals surface area (Å²) in [5, 5.41) is 0. The van der Waals surface area contributed by atoms with Crippen molar-refractivity contribution in [1.82, 2.24) is 0 Å². The highest BCUT2D eigenvalue weighted by Crippen LogP contribution is 2.29. The smallest absolute Gasteiger partial charge is 0.229 e. The van der Waals surface area contributed by atoms with Gasteiger partial charge in [-0.05, 0) is 37.5 Å². The average molecular weight is 268 g/mol. The molecular weight excluding hydrogens is 245 g/mol. The van der Waals surface area contributed by atoms with Crippen LogP contribution in [0.1, 0.15) is 25.7 Å². The predicted octanol–water partition coefficient (Wildman–Crippen LogP) is 3.82. The van der Waals surface area contributed by atoms with Gasteiger partial charge in [-0.25, -0.2) is 13.2 Å². The van der Waals surface area contributed by atoms with Crippen LogP contribution in [0.3, 0.4) is 0 Å². The predicted molar refractivity (Wildman–Crippen MR) is 65.5 cm³/mol. The Hall–Kier alpha value is -0.710. The van der Waals surface area contributed by atoms with E-state index in [0.717, 1.165) is 13.2 Å². The first kappa shape index (κ1) is 17.3. The van der Waals surface area contributed by atoms with Crippen molar-refractivity contribution in [2.45, 2.75) is 25.7 Å². The minimum atomic E-state index is -1.75. The third-order valence-electron chi connectivity index (χ3n) is 2.99. The van der Waals surface area contributed by atoms with Gasteiger partial charge in [-0.2, -0.15) is 0 Å². The molecule has 1 rings (SSSR count). The molecule has 108 valence electrons. The van der Waals surface area contributed by atoms with Gasteiger partial charge in [0.05, 0.1) is 19.5 Å². The van der Waals surface area contributed by atoms with E-state index in [9.17, 15) is 13.2 Å². The zero-order chi connectivity index (χ0) is 13.6. The second kappa shape index (κ2) is 12.7. The van der Waals surface area contributed by atoms with Crippen molar-refractivity contribution in [2.75, 3.05) is 33.4 Å². The maximum atomic E-state index is 11.8. The van der Waals surface area contributed by atoms with Crippen molar-refractivity contribution < 1.29 is 22.6 Å². The minimum absolute atomic E-state index is 0.250. The summed E-state index contributed by atoms with van der Waals surface area (Å²) in [7, 11) is 0. The monoisotopic (exact) mass is 268 g/mol. The number of hydrogen-bond donors (Lipinski definition) is 0. The second-order valence-corrected chi connectivity index (χ2v) is 4.25. The molecule has 0 aromatic rings. The lowest BCUT2D eigenvalue weighted by atomic mass is 9.83. The zero-order valence-electron chi connectivity index (χ0n) is 10.8. The summed E-state index contributed by atoms with van der Waals surface area (Å²) in [4.78, 5) is 0. The molecular formula is C13H23F3O2. The summed E-state index contributed by atoms with van der Waals surface area (Å²) in [6.07, 6.45) is 6.25. The van der Waals surface area contributed by atoms with E-state index in [1.165, 1.54) is 31.9 Å². The van der Waals surface area contributed by atoms with Crippen LogP contribution in [0.25, 0.3) is 0 Å². The number of hydrogen-bond acceptors (Lipinski definition) is 2. The molecule has 2 nitrogen and oxygen atoms in total. The van der Waals surface area contributed by atoms with Crippen LogP contribution in [0.4, 0.5) is 13.2 Å². The van der Waals surface area contributed by atoms with Crippen molar-refractivity contribution in [3.8, 4) is 0 Å². The summed E-state index contributed by atoms with van der Waals surface area (Å²) < 4.78 is 41.5. The molecule has 1 aliphatic rings. The molecule has 0 amide bonds. The quantitative estimate of drug-likeness (QED) is 0.516. The standard InChI is InChI=1S/C12H21FO2.CH2F2/c1-2-14-9-11-3-5-12(6-4-11)10-15-8-7-13;2-1-3/h2,11-12H,1,3-10H2;1H2. The number of alkyl halides is 3. The number of ether oxygens (including phenoxy) is 2. The van der Waals surface area contributed by atoms with Gasteiger partial charge in [-0.3, -0.25) is 0 Å². The van der Waals surface area contributed by atoms with Gasteiger partial charge < -0.3 is 9.47 Å². The molecule has 1 saturated carbocycles. The first-order chi connectivity index (χ1) is 8.78. The van der Waals surface area contributed by atoms with E-state index in [1.54, 1.807) is 0 Å². The highest BCUT2D eigenvalue weighted by Gasteiger charge is 2.21. The number of halogens is 3. The third kappa shape index (κ3) is 9.33. The van der Waals surface area contributed by atoms with Crippen LogP contribution in [0.2, 0.25) is 0 Å². The van der Waals surface area contributed by atoms with Gasteiger partial charge >= 0.3 is 0 Å². The molecule has 1 aliphatic carbocycles. The normalized spacial score (nSPS) is 22.8. The summed E-state index contributed by atoms with van der Waals surface area (Å²) in [5.41, 5.74) is 0. The summed E-state index contributed by atoms with van der Waals surface area (Å²) in [6.45, 7) is 3.17. The van der Waals surface area contributed by atoms with Crippen LogP contribution in [0, 0.1) is 11.8 Å². The van der Waals surface area contributed by atoms with Crippen LogP contribution in [0.5, 0.6) is 0 Å². The molecule has 0 unspecified atom stereocenters. The maximum Gasteiger partial charge on any atom is 0.229 e. The SMILES string of the molecule is C=COCC1CCC(COCCF)CC1.FCF. The summed E-state index contributed by atoms with van der Waals surface area (Å²) >= 11 is 0. The largest absolute Gasteiger partial charge is 0.502 e. The van der Waals surface area contributed by atoms with Crippen molar-refractivity contribution in [1.29, 1.82) is 0 Å². The highest BCUT2D eigenvalue weighted by atomic mass is 19.3. The van der Waals surface area contributed by atoms with E-state index in [0.29, 0.717) is 11.8 Å². The first-order valence-electron chi connectivity index (χ1n) is 6.26. The molecule has 0 bridgehead atoms. The molecule has 0 heterocycles. The van der Waals surface area contributed by atoms with Crippen LogP contribution in [-0.2, 0) is 9.47 Å². The van der Waals surface area contributed by atoms with Crippen molar-refractivity contribution >= 4 is 0 Å². The van der Waals surface area contributed by atoms with Crippen LogP contribution >= 0.6 is 0 Å². The van der Waals surface area contributed by atoms with E-state index in [1.807, 2.05) is 0 Å². The zero-order valence-corrected chi connectivity index (χ0v) is 10.8. The molecule has 18 heavy (non-hydrogen) atoms. The Morgan fingerprint density at radius 1 is 1.00 bits per heavy atom. The van der Waals surface area contributed by atoms with Gasteiger partial charge in [-0.1, -0.05) is 6.58 Å². The average Bonchev–Trinajstić information content (AvgIpc) is 2.39. The Kier molecular flexibility index (Phi) is 12.2. The lowest BCUT2D eigenvalue weighted by molar-refractivity contribution is 0.0608. The van der Waals surface area contributed by atoms with Gasteiger partial charge in [0.2, 0.25) is 6.93 Å². The molecule has 0 radical (unpaired) electrons. The fourth-order valence-electron chi connectivity index (χ4n) is 2.07. The number of rotatable bonds is 7. The molecule has 0 aromatic heterocycles. The Bertz CT molecular complexity index is 183. The lowest BCUT2D eigenvalue weighted by Gasteiger charge is -2.27. The van der Waals surface area contributed by atoms with E-state index in [2.05, 4.69) is 6.58 Å². The van der Waals surface area contributed by atoms with Crippen LogP contribution in [-0.4, -0.2) is 33.4 Å². The molecule has 0 spiro atoms. The first-order valence-corrected chi connectivity index (χ1v) is 6.26. The van der Waals surface area contributed by atoms with E-state index >= 15 is 0 Å². The van der Waals surface area contributed by atoms with Crippen LogP contribution < -0.4 is 0 Å². The van der Waals surface area contributed by atoms with Crippen molar-refractivity contribution in [3.63, 3.8) is 0 Å². The fraction of sp³-hybridized carbons (Fsp3) is 0.846. The Morgan fingerprint density at radius 3 is 1.94 bits per heavy atom. The molecule has 0 atom stereocenters. The molecule has 0 N–H and O–H groups in total. The van der Waals surface area contributed by atoms with E-state index in [-0.39, 0.29) is 13.3 Å². The van der Waals surface area contributed by atoms with Gasteiger partial charge in [0.25, 0.3) is 0 Å². The maximum absolute atomic E-state index is 11.8. The molecule has 1 fully saturated rings. The molecule has 0 aliphatic heterocycles. The molecule has 0 saturated heterocycles. The van der Waals surface area contributed by atoms with Gasteiger partial charge in [0.15, 0.2) is 0 Å². The highest BCUT2D eigenvalue weighted by molar-refractivity contribution is 4.72. The lowest BCUT2D eigenvalue weighted by Crippen LogP contribution is -2.21. The fourth-order valence-corrected chi connectivity index (χ4v) is 2.07. The summed E-state index contributed by atoms with van der Waals surface area (Å²) in [5.74, 6) is 1.29. The molecule has 5 heteroatoms. The topological polar surface area (TPSA) is 18.5 Å². The second-order valence-electron chi connectivity index (χ2n) is 4.25. The van der Waals surface area contributed by atoms with Crippen molar-refractivity contribution in [2.24, 2.45) is 11.8 Å². The van der Waals surface area contributed by atoms with E-state index < -0.39 is 6.93 Å². The van der Waals surface area contributed by atoms with Gasteiger partial charge in [0, 0.05) is 6.61 Å². The van der Waals surface area contributed by atoms with Crippen LogP contribution in [0.15, 0.2) is 12.8 Å². The van der Waals surface area contributed by atoms with Crippen molar-refractivity contribution in [3.05, 3.63) is 12.8 Å². The Morgan fingerprint density at radius 2 is 1.50 bits per heavy atom. The van der Waals surface area contributed by atoms with Gasteiger partial charge in [0.1, 0.15) is 6.67 Å². The van der Waals surface area contributed by atoms with Gasteiger partial charge in [-0.15, -0.1) is 0 Å². The summed E-state index contributed by atoms with van der Waals surface area (Å²) in [6, 6.07) is 0. The Balaban J connectivity index is 0.000000873. The third-order valence-corrected chi connectivity index (χ3v) is 2.99. The van der Waals surface area contributed by atoms with E-state index in [4.69, 9.17) is 9.47 Å². The Labute approximate surface area is 107 Å².